The number of aryl methyl sites for hydroxylation is 1. The van der Waals surface area contributed by atoms with Crippen LogP contribution in [0, 0.1) is 11.8 Å². The highest BCUT2D eigenvalue weighted by atomic mass is 35.5. The maximum atomic E-state index is 10.8. The van der Waals surface area contributed by atoms with Crippen molar-refractivity contribution in [3.05, 3.63) is 98.9 Å². The first kappa shape index (κ1) is 22.1. The van der Waals surface area contributed by atoms with Gasteiger partial charge in [0.2, 0.25) is 0 Å². The molecule has 5 rings (SSSR count). The number of fused-ring (bicyclic) bond motifs is 1. The Balaban J connectivity index is 1.52. The molecule has 34 heavy (non-hydrogen) atoms. The van der Waals surface area contributed by atoms with Crippen molar-refractivity contribution in [2.75, 3.05) is 0 Å². The summed E-state index contributed by atoms with van der Waals surface area (Å²) in [6.07, 6.45) is 3.55. The van der Waals surface area contributed by atoms with Crippen LogP contribution in [0.15, 0.2) is 72.2 Å². The summed E-state index contributed by atoms with van der Waals surface area (Å²) in [7, 11) is 0. The molecule has 3 aromatic heterocycles. The van der Waals surface area contributed by atoms with E-state index < -0.39 is 0 Å². The number of aromatic nitrogens is 4. The van der Waals surface area contributed by atoms with E-state index in [1.54, 1.807) is 12.3 Å². The van der Waals surface area contributed by atoms with Gasteiger partial charge in [-0.1, -0.05) is 40.5 Å². The first-order valence-corrected chi connectivity index (χ1v) is 11.3. The summed E-state index contributed by atoms with van der Waals surface area (Å²) >= 11 is 13.3. The predicted molar refractivity (Wildman–Crippen MR) is 134 cm³/mol. The number of aromatic amines is 1. The molecule has 170 valence electrons. The quantitative estimate of drug-likeness (QED) is 0.251. The van der Waals surface area contributed by atoms with E-state index in [0.717, 1.165) is 33.5 Å². The van der Waals surface area contributed by atoms with Crippen LogP contribution in [0.5, 0.6) is 5.75 Å². The second kappa shape index (κ2) is 9.29. The standard InChI is InChI=1S/C25H19Cl2N5O2/c1-15-12-18(21-9-10-28-31-21)17-5-2-6-23(25(17)30-15)34-14-19-20(26)7-8-22(24(19)27)32-11-3-4-16(32)13-29-33/h2-12H,13-14H2,1H3,(H,28,31). The second-order valence-electron chi connectivity index (χ2n) is 7.74. The van der Waals surface area contributed by atoms with Crippen molar-refractivity contribution in [1.29, 1.82) is 0 Å². The van der Waals surface area contributed by atoms with Crippen molar-refractivity contribution in [3.8, 4) is 22.7 Å². The van der Waals surface area contributed by atoms with Crippen molar-refractivity contribution in [2.45, 2.75) is 20.1 Å². The largest absolute Gasteiger partial charge is 0.487 e. The van der Waals surface area contributed by atoms with Crippen molar-refractivity contribution in [2.24, 2.45) is 5.18 Å². The molecule has 0 fully saturated rings. The fourth-order valence-corrected chi connectivity index (χ4v) is 4.57. The monoisotopic (exact) mass is 491 g/mol. The summed E-state index contributed by atoms with van der Waals surface area (Å²) in [6.45, 7) is 2.12. The predicted octanol–water partition coefficient (Wildman–Crippen LogP) is 6.88. The highest BCUT2D eigenvalue weighted by Gasteiger charge is 2.16. The molecule has 2 aromatic carbocycles. The maximum Gasteiger partial charge on any atom is 0.146 e. The highest BCUT2D eigenvalue weighted by molar-refractivity contribution is 6.37. The zero-order valence-corrected chi connectivity index (χ0v) is 19.6. The lowest BCUT2D eigenvalue weighted by molar-refractivity contribution is 0.309. The lowest BCUT2D eigenvalue weighted by Crippen LogP contribution is -2.04. The fourth-order valence-electron chi connectivity index (χ4n) is 4.00. The van der Waals surface area contributed by atoms with Crippen LogP contribution in [0.1, 0.15) is 17.0 Å². The highest BCUT2D eigenvalue weighted by Crippen LogP contribution is 2.35. The molecular weight excluding hydrogens is 473 g/mol. The van der Waals surface area contributed by atoms with Crippen molar-refractivity contribution < 1.29 is 4.74 Å². The fraction of sp³-hybridized carbons (Fsp3) is 0.120. The molecule has 1 N–H and O–H groups in total. The van der Waals surface area contributed by atoms with Gasteiger partial charge in [-0.05, 0) is 49.4 Å². The number of ether oxygens (including phenoxy) is 1. The van der Waals surface area contributed by atoms with E-state index >= 15 is 0 Å². The van der Waals surface area contributed by atoms with Crippen molar-refractivity contribution in [1.82, 2.24) is 19.7 Å². The van der Waals surface area contributed by atoms with Gasteiger partial charge in [0.15, 0.2) is 0 Å². The molecule has 0 unspecified atom stereocenters. The average Bonchev–Trinajstić information content (AvgIpc) is 3.52. The molecule has 0 aliphatic heterocycles. The van der Waals surface area contributed by atoms with Crippen LogP contribution in [-0.2, 0) is 13.2 Å². The summed E-state index contributed by atoms with van der Waals surface area (Å²) < 4.78 is 8.03. The summed E-state index contributed by atoms with van der Waals surface area (Å²) in [5.74, 6) is 0.617. The van der Waals surface area contributed by atoms with E-state index in [9.17, 15) is 4.91 Å². The van der Waals surface area contributed by atoms with Crippen LogP contribution in [-0.4, -0.2) is 19.7 Å². The van der Waals surface area contributed by atoms with Gasteiger partial charge in [0.05, 0.1) is 16.4 Å². The lowest BCUT2D eigenvalue weighted by Gasteiger charge is -2.16. The topological polar surface area (TPSA) is 85.2 Å². The number of para-hydroxylation sites is 1. The van der Waals surface area contributed by atoms with Gasteiger partial charge < -0.3 is 9.30 Å². The summed E-state index contributed by atoms with van der Waals surface area (Å²) in [5, 5.41) is 11.9. The number of nitrogens with zero attached hydrogens (tertiary/aromatic N) is 4. The van der Waals surface area contributed by atoms with E-state index in [1.807, 2.05) is 66.2 Å². The van der Waals surface area contributed by atoms with E-state index in [0.29, 0.717) is 27.0 Å². The van der Waals surface area contributed by atoms with Gasteiger partial charge in [0, 0.05) is 45.3 Å². The minimum Gasteiger partial charge on any atom is -0.487 e. The molecule has 7 nitrogen and oxygen atoms in total. The van der Waals surface area contributed by atoms with E-state index in [-0.39, 0.29) is 13.2 Å². The minimum absolute atomic E-state index is 0.0392. The summed E-state index contributed by atoms with van der Waals surface area (Å²) in [4.78, 5) is 15.5. The Kier molecular flexibility index (Phi) is 6.04. The number of hydrogen-bond donors (Lipinski definition) is 1. The average molecular weight is 492 g/mol. The molecular formula is C25H19Cl2N5O2. The molecule has 0 amide bonds. The summed E-state index contributed by atoms with van der Waals surface area (Å²) in [6, 6.07) is 17.0. The summed E-state index contributed by atoms with van der Waals surface area (Å²) in [5.41, 5.74) is 5.55. The Morgan fingerprint density at radius 1 is 1.12 bits per heavy atom. The Hall–Kier alpha value is -3.68. The molecule has 0 saturated carbocycles. The first-order chi connectivity index (χ1) is 16.6. The number of rotatable bonds is 7. The smallest absolute Gasteiger partial charge is 0.146 e. The third-order valence-corrected chi connectivity index (χ3v) is 6.35. The van der Waals surface area contributed by atoms with E-state index in [4.69, 9.17) is 32.9 Å². The molecule has 0 bridgehead atoms. The Morgan fingerprint density at radius 2 is 2.00 bits per heavy atom. The normalized spacial score (nSPS) is 11.1. The third-order valence-electron chi connectivity index (χ3n) is 5.58. The Labute approximate surface area is 205 Å². The van der Waals surface area contributed by atoms with E-state index in [2.05, 4.69) is 15.4 Å². The second-order valence-corrected chi connectivity index (χ2v) is 8.52. The zero-order chi connectivity index (χ0) is 23.7. The lowest BCUT2D eigenvalue weighted by atomic mass is 10.0. The molecule has 3 heterocycles. The van der Waals surface area contributed by atoms with Gasteiger partial charge in [-0.15, -0.1) is 0 Å². The minimum atomic E-state index is 0.0392. The molecule has 0 atom stereocenters. The van der Waals surface area contributed by atoms with Crippen LogP contribution in [0.2, 0.25) is 10.0 Å². The Morgan fingerprint density at radius 3 is 2.79 bits per heavy atom. The molecule has 0 aliphatic rings. The number of H-pyrrole nitrogens is 1. The molecule has 0 aliphatic carbocycles. The number of pyridine rings is 1. The van der Waals surface area contributed by atoms with Gasteiger partial charge in [-0.2, -0.15) is 10.0 Å². The molecule has 5 aromatic rings. The maximum absolute atomic E-state index is 10.8. The molecule has 0 radical (unpaired) electrons. The Bertz CT molecular complexity index is 1500. The number of nitrogens with one attached hydrogen (secondary N) is 1. The van der Waals surface area contributed by atoms with Crippen LogP contribution in [0.4, 0.5) is 0 Å². The number of hydrogen-bond acceptors (Lipinski definition) is 5. The first-order valence-electron chi connectivity index (χ1n) is 10.5. The number of benzene rings is 2. The van der Waals surface area contributed by atoms with Crippen LogP contribution in [0.3, 0.4) is 0 Å². The van der Waals surface area contributed by atoms with Crippen molar-refractivity contribution in [3.63, 3.8) is 0 Å². The van der Waals surface area contributed by atoms with Crippen molar-refractivity contribution >= 4 is 34.1 Å². The van der Waals surface area contributed by atoms with Gasteiger partial charge in [-0.3, -0.25) is 5.10 Å². The van der Waals surface area contributed by atoms with E-state index in [1.165, 1.54) is 0 Å². The molecule has 9 heteroatoms. The van der Waals surface area contributed by atoms with Gasteiger partial charge in [-0.25, -0.2) is 4.98 Å². The van der Waals surface area contributed by atoms with Gasteiger partial charge >= 0.3 is 0 Å². The van der Waals surface area contributed by atoms with Crippen LogP contribution < -0.4 is 4.74 Å². The third kappa shape index (κ3) is 4.04. The molecule has 0 saturated heterocycles. The van der Waals surface area contributed by atoms with Gasteiger partial charge in [0.25, 0.3) is 0 Å². The van der Waals surface area contributed by atoms with Crippen LogP contribution >= 0.6 is 23.2 Å². The van der Waals surface area contributed by atoms with Crippen LogP contribution in [0.25, 0.3) is 27.8 Å². The SMILES string of the molecule is Cc1cc(-c2ccn[nH]2)c2cccc(OCc3c(Cl)ccc(-n4cccc4CN=O)c3Cl)c2n1. The molecule has 0 spiro atoms. The zero-order valence-electron chi connectivity index (χ0n) is 18.1. The number of halogens is 2. The van der Waals surface area contributed by atoms with Gasteiger partial charge in [0.1, 0.15) is 24.4 Å². The number of nitroso groups, excluding NO2 is 1.